The highest BCUT2D eigenvalue weighted by Crippen LogP contribution is 2.22. The Hall–Kier alpha value is -1.69. The third-order valence-electron chi connectivity index (χ3n) is 3.47. The van der Waals surface area contributed by atoms with Gasteiger partial charge in [-0.25, -0.2) is 0 Å². The maximum absolute atomic E-state index is 12.7. The van der Waals surface area contributed by atoms with Crippen LogP contribution in [0.15, 0.2) is 10.9 Å². The van der Waals surface area contributed by atoms with Gasteiger partial charge < -0.3 is 4.57 Å². The van der Waals surface area contributed by atoms with Gasteiger partial charge in [0, 0.05) is 18.3 Å². The van der Waals surface area contributed by atoms with Gasteiger partial charge in [0.25, 0.3) is 5.56 Å². The van der Waals surface area contributed by atoms with Gasteiger partial charge in [-0.3, -0.25) is 14.5 Å². The van der Waals surface area contributed by atoms with Gasteiger partial charge >= 0.3 is 0 Å². The molecule has 0 aliphatic heterocycles. The van der Waals surface area contributed by atoms with E-state index in [1.54, 1.807) is 4.57 Å². The van der Waals surface area contributed by atoms with E-state index in [1.807, 2.05) is 45.3 Å². The molecule has 6 heteroatoms. The summed E-state index contributed by atoms with van der Waals surface area (Å²) in [5, 5.41) is 7.06. The highest BCUT2D eigenvalue weighted by Gasteiger charge is 2.18. The summed E-state index contributed by atoms with van der Waals surface area (Å²) >= 11 is 5.26. The second-order valence-corrected chi connectivity index (χ2v) is 5.60. The van der Waals surface area contributed by atoms with Crippen molar-refractivity contribution < 1.29 is 0 Å². The molecule has 0 aliphatic rings. The highest BCUT2D eigenvalue weighted by molar-refractivity contribution is 7.71. The lowest BCUT2D eigenvalue weighted by atomic mass is 10.1. The molecule has 0 spiro atoms. The number of aromatic nitrogens is 4. The number of aromatic amines is 1. The molecule has 0 saturated carbocycles. The summed E-state index contributed by atoms with van der Waals surface area (Å²) in [7, 11) is 0. The van der Waals surface area contributed by atoms with Crippen molar-refractivity contribution in [2.45, 2.75) is 47.2 Å². The van der Waals surface area contributed by atoms with Gasteiger partial charge in [-0.1, -0.05) is 0 Å². The maximum Gasteiger partial charge on any atom is 0.262 e. The molecule has 1 N–H and O–H groups in total. The second-order valence-electron chi connectivity index (χ2n) is 5.21. The summed E-state index contributed by atoms with van der Waals surface area (Å²) in [6.07, 6.45) is 0. The number of hydrogen-bond acceptors (Lipinski definition) is 3. The SMILES string of the molecule is CCn1c(C)cc(C)c(-c2n[nH]c(=S)n2C(C)C)c1=O. The molecule has 0 aromatic carbocycles. The molecular weight excluding hydrogens is 272 g/mol. The van der Waals surface area contributed by atoms with Crippen molar-refractivity contribution in [3.63, 3.8) is 0 Å². The van der Waals surface area contributed by atoms with Crippen LogP contribution in [0.25, 0.3) is 11.4 Å². The predicted octanol–water partition coefficient (Wildman–Crippen LogP) is 2.99. The quantitative estimate of drug-likeness (QED) is 0.885. The van der Waals surface area contributed by atoms with E-state index in [9.17, 15) is 4.79 Å². The Kier molecular flexibility index (Phi) is 3.94. The largest absolute Gasteiger partial charge is 0.313 e. The van der Waals surface area contributed by atoms with E-state index in [0.717, 1.165) is 11.3 Å². The van der Waals surface area contributed by atoms with Gasteiger partial charge in [-0.05, 0) is 58.5 Å². The molecule has 0 atom stereocenters. The Morgan fingerprint density at radius 1 is 1.40 bits per heavy atom. The molecule has 0 radical (unpaired) electrons. The van der Waals surface area contributed by atoms with Gasteiger partial charge in [0.1, 0.15) is 0 Å². The Morgan fingerprint density at radius 2 is 2.05 bits per heavy atom. The van der Waals surface area contributed by atoms with E-state index in [-0.39, 0.29) is 11.6 Å². The molecule has 0 fully saturated rings. The fourth-order valence-electron chi connectivity index (χ4n) is 2.55. The number of nitrogens with zero attached hydrogens (tertiary/aromatic N) is 3. The van der Waals surface area contributed by atoms with Crippen LogP contribution in [-0.2, 0) is 6.54 Å². The van der Waals surface area contributed by atoms with Crippen molar-refractivity contribution in [3.05, 3.63) is 32.4 Å². The lowest BCUT2D eigenvalue weighted by molar-refractivity contribution is 0.595. The van der Waals surface area contributed by atoms with Crippen molar-refractivity contribution in [2.75, 3.05) is 0 Å². The number of H-pyrrole nitrogens is 1. The minimum atomic E-state index is -0.0131. The van der Waals surface area contributed by atoms with Crippen LogP contribution >= 0.6 is 12.2 Å². The van der Waals surface area contributed by atoms with Gasteiger partial charge in [0.05, 0.1) is 5.56 Å². The number of hydrogen-bond donors (Lipinski definition) is 1. The fourth-order valence-corrected chi connectivity index (χ4v) is 2.90. The monoisotopic (exact) mass is 292 g/mol. The molecule has 2 heterocycles. The normalized spacial score (nSPS) is 11.3. The minimum absolute atomic E-state index is 0.0131. The fraction of sp³-hybridized carbons (Fsp3) is 0.500. The molecule has 20 heavy (non-hydrogen) atoms. The van der Waals surface area contributed by atoms with Crippen molar-refractivity contribution in [1.29, 1.82) is 0 Å². The summed E-state index contributed by atoms with van der Waals surface area (Å²) in [5.41, 5.74) is 2.50. The first-order valence-electron chi connectivity index (χ1n) is 6.76. The van der Waals surface area contributed by atoms with E-state index < -0.39 is 0 Å². The maximum atomic E-state index is 12.7. The number of pyridine rings is 1. The van der Waals surface area contributed by atoms with E-state index >= 15 is 0 Å². The van der Waals surface area contributed by atoms with Crippen LogP contribution in [0.4, 0.5) is 0 Å². The Balaban J connectivity index is 2.84. The van der Waals surface area contributed by atoms with E-state index in [0.29, 0.717) is 22.7 Å². The molecular formula is C14H20N4OS. The third kappa shape index (κ3) is 2.24. The summed E-state index contributed by atoms with van der Waals surface area (Å²) in [6, 6.07) is 2.16. The molecule has 0 bridgehead atoms. The Labute approximate surface area is 123 Å². The lowest BCUT2D eigenvalue weighted by Crippen LogP contribution is -2.25. The van der Waals surface area contributed by atoms with Crippen LogP contribution in [-0.4, -0.2) is 19.3 Å². The zero-order valence-electron chi connectivity index (χ0n) is 12.5. The van der Waals surface area contributed by atoms with Crippen LogP contribution < -0.4 is 5.56 Å². The predicted molar refractivity (Wildman–Crippen MR) is 82.6 cm³/mol. The van der Waals surface area contributed by atoms with Gasteiger partial charge in [0.15, 0.2) is 10.6 Å². The summed E-state index contributed by atoms with van der Waals surface area (Å²) < 4.78 is 4.18. The van der Waals surface area contributed by atoms with Gasteiger partial charge in [-0.2, -0.15) is 5.10 Å². The zero-order chi connectivity index (χ0) is 15.0. The smallest absolute Gasteiger partial charge is 0.262 e. The van der Waals surface area contributed by atoms with E-state index in [1.165, 1.54) is 0 Å². The average Bonchev–Trinajstić information content (AvgIpc) is 2.71. The second kappa shape index (κ2) is 5.36. The molecule has 0 saturated heterocycles. The van der Waals surface area contributed by atoms with Crippen LogP contribution in [0.2, 0.25) is 0 Å². The molecule has 2 aromatic rings. The molecule has 2 aromatic heterocycles. The van der Waals surface area contributed by atoms with Crippen LogP contribution in [0.5, 0.6) is 0 Å². The van der Waals surface area contributed by atoms with Crippen molar-refractivity contribution >= 4 is 12.2 Å². The number of nitrogens with one attached hydrogen (secondary N) is 1. The highest BCUT2D eigenvalue weighted by atomic mass is 32.1. The van der Waals surface area contributed by atoms with Crippen molar-refractivity contribution in [1.82, 2.24) is 19.3 Å². The minimum Gasteiger partial charge on any atom is -0.313 e. The van der Waals surface area contributed by atoms with E-state index in [2.05, 4.69) is 10.2 Å². The first-order valence-corrected chi connectivity index (χ1v) is 7.17. The number of rotatable bonds is 3. The first-order chi connectivity index (χ1) is 9.38. The van der Waals surface area contributed by atoms with Crippen LogP contribution in [0, 0.1) is 18.6 Å². The first kappa shape index (κ1) is 14.7. The topological polar surface area (TPSA) is 55.6 Å². The standard InChI is InChI=1S/C14H20N4OS/c1-6-17-10(5)7-9(4)11(13(17)19)12-15-16-14(20)18(12)8(2)3/h7-8H,6H2,1-5H3,(H,16,20). The zero-order valence-corrected chi connectivity index (χ0v) is 13.3. The summed E-state index contributed by atoms with van der Waals surface area (Å²) in [5.74, 6) is 0.620. The molecule has 2 rings (SSSR count). The average molecular weight is 292 g/mol. The lowest BCUT2D eigenvalue weighted by Gasteiger charge is -2.15. The third-order valence-corrected chi connectivity index (χ3v) is 3.75. The molecule has 0 aliphatic carbocycles. The van der Waals surface area contributed by atoms with Crippen LogP contribution in [0.3, 0.4) is 0 Å². The van der Waals surface area contributed by atoms with E-state index in [4.69, 9.17) is 12.2 Å². The molecule has 5 nitrogen and oxygen atoms in total. The van der Waals surface area contributed by atoms with Crippen LogP contribution in [0.1, 0.15) is 38.1 Å². The van der Waals surface area contributed by atoms with Gasteiger partial charge in [-0.15, -0.1) is 0 Å². The molecule has 108 valence electrons. The summed E-state index contributed by atoms with van der Waals surface area (Å²) in [4.78, 5) is 12.7. The van der Waals surface area contributed by atoms with Crippen molar-refractivity contribution in [2.24, 2.45) is 0 Å². The van der Waals surface area contributed by atoms with Crippen molar-refractivity contribution in [3.8, 4) is 11.4 Å². The summed E-state index contributed by atoms with van der Waals surface area (Å²) in [6.45, 7) is 10.5. The van der Waals surface area contributed by atoms with Gasteiger partial charge in [0.2, 0.25) is 0 Å². The Morgan fingerprint density at radius 3 is 2.60 bits per heavy atom. The molecule has 0 amide bonds. The Bertz CT molecular complexity index is 752. The number of aryl methyl sites for hydroxylation is 2. The molecule has 0 unspecified atom stereocenters.